The highest BCUT2D eigenvalue weighted by Crippen LogP contribution is 2.22. The largest absolute Gasteiger partial charge is 0.481 e. The number of aliphatic carboxylic acids is 1. The number of carbonyl (C=O) groups is 1. The van der Waals surface area contributed by atoms with Gasteiger partial charge in [-0.3, -0.25) is 4.79 Å². The predicted octanol–water partition coefficient (Wildman–Crippen LogP) is 3.02. The molecule has 20 heavy (non-hydrogen) atoms. The van der Waals surface area contributed by atoms with Crippen LogP contribution in [0.25, 0.3) is 11.4 Å². The molecule has 1 aromatic heterocycles. The van der Waals surface area contributed by atoms with E-state index in [9.17, 15) is 9.18 Å². The minimum atomic E-state index is -0.894. The number of hydrogen-bond acceptors (Lipinski definition) is 4. The van der Waals surface area contributed by atoms with E-state index in [-0.39, 0.29) is 11.6 Å². The van der Waals surface area contributed by atoms with Crippen LogP contribution in [0.15, 0.2) is 35.4 Å². The number of thioether (sulfide) groups is 1. The van der Waals surface area contributed by atoms with Gasteiger partial charge in [0.2, 0.25) is 0 Å². The Balaban J connectivity index is 2.34. The zero-order valence-corrected chi connectivity index (χ0v) is 11.7. The van der Waals surface area contributed by atoms with Crippen molar-refractivity contribution in [2.24, 2.45) is 0 Å². The Bertz CT molecular complexity index is 617. The fourth-order valence-electron chi connectivity index (χ4n) is 1.59. The summed E-state index contributed by atoms with van der Waals surface area (Å²) in [5.41, 5.74) is 1.53. The van der Waals surface area contributed by atoms with Crippen molar-refractivity contribution >= 4 is 17.7 Å². The Morgan fingerprint density at radius 2 is 2.00 bits per heavy atom. The molecule has 2 aromatic rings. The Labute approximate surface area is 120 Å². The van der Waals surface area contributed by atoms with E-state index in [1.165, 1.54) is 12.1 Å². The van der Waals surface area contributed by atoms with E-state index in [4.69, 9.17) is 5.11 Å². The third kappa shape index (κ3) is 3.77. The topological polar surface area (TPSA) is 63.1 Å². The van der Waals surface area contributed by atoms with Crippen molar-refractivity contribution in [3.05, 3.63) is 41.8 Å². The van der Waals surface area contributed by atoms with Gasteiger partial charge in [-0.2, -0.15) is 0 Å². The fraction of sp³-hybridized carbons (Fsp3) is 0.214. The molecule has 104 valence electrons. The summed E-state index contributed by atoms with van der Waals surface area (Å²) >= 11 is 1.15. The molecule has 0 fully saturated rings. The summed E-state index contributed by atoms with van der Waals surface area (Å²) in [6.45, 7) is 1.96. The summed E-state index contributed by atoms with van der Waals surface area (Å²) in [6, 6.07) is 7.69. The van der Waals surface area contributed by atoms with E-state index < -0.39 is 5.97 Å². The summed E-state index contributed by atoms with van der Waals surface area (Å²) in [5, 5.41) is 9.32. The van der Waals surface area contributed by atoms with Gasteiger partial charge in [0.1, 0.15) is 10.8 Å². The van der Waals surface area contributed by atoms with Gasteiger partial charge in [-0.1, -0.05) is 18.7 Å². The van der Waals surface area contributed by atoms with Gasteiger partial charge in [-0.25, -0.2) is 14.4 Å². The monoisotopic (exact) mass is 292 g/mol. The fourth-order valence-corrected chi connectivity index (χ4v) is 2.23. The lowest BCUT2D eigenvalue weighted by molar-refractivity contribution is -0.133. The molecule has 1 heterocycles. The van der Waals surface area contributed by atoms with Gasteiger partial charge >= 0.3 is 5.97 Å². The molecule has 1 N–H and O–H groups in total. The second-order valence-corrected chi connectivity index (χ2v) is 5.06. The highest BCUT2D eigenvalue weighted by atomic mass is 32.2. The van der Waals surface area contributed by atoms with Crippen LogP contribution in [0.3, 0.4) is 0 Å². The summed E-state index contributed by atoms with van der Waals surface area (Å²) in [5.74, 6) is -0.781. The summed E-state index contributed by atoms with van der Waals surface area (Å²) in [7, 11) is 0. The Kier molecular flexibility index (Phi) is 4.68. The number of hydrogen-bond donors (Lipinski definition) is 1. The Morgan fingerprint density at radius 1 is 1.30 bits per heavy atom. The zero-order chi connectivity index (χ0) is 14.5. The van der Waals surface area contributed by atoms with Crippen LogP contribution in [0.1, 0.15) is 12.6 Å². The van der Waals surface area contributed by atoms with Crippen molar-refractivity contribution in [2.75, 3.05) is 5.75 Å². The average molecular weight is 292 g/mol. The van der Waals surface area contributed by atoms with Crippen LogP contribution in [-0.2, 0) is 11.2 Å². The first-order chi connectivity index (χ1) is 9.58. The quantitative estimate of drug-likeness (QED) is 0.678. The molecular formula is C14H13FN2O2S. The zero-order valence-electron chi connectivity index (χ0n) is 10.8. The number of aryl methyl sites for hydroxylation is 1. The third-order valence-corrected chi connectivity index (χ3v) is 3.46. The number of benzene rings is 1. The van der Waals surface area contributed by atoms with Crippen LogP contribution in [-0.4, -0.2) is 26.8 Å². The van der Waals surface area contributed by atoms with Gasteiger partial charge in [0.15, 0.2) is 5.82 Å². The second-order valence-electron chi connectivity index (χ2n) is 4.06. The van der Waals surface area contributed by atoms with Gasteiger partial charge in [0, 0.05) is 11.3 Å². The number of carboxylic acid groups (broad SMARTS) is 1. The molecule has 0 bridgehead atoms. The standard InChI is InChI=1S/C14H13FN2O2S/c1-2-11-7-12(20-8-13(18)19)17-14(16-11)9-3-5-10(15)6-4-9/h3-7H,2,8H2,1H3,(H,18,19). The number of aromatic nitrogens is 2. The molecule has 0 unspecified atom stereocenters. The van der Waals surface area contributed by atoms with Crippen LogP contribution >= 0.6 is 11.8 Å². The average Bonchev–Trinajstić information content (AvgIpc) is 2.45. The van der Waals surface area contributed by atoms with E-state index in [1.807, 2.05) is 6.92 Å². The van der Waals surface area contributed by atoms with E-state index >= 15 is 0 Å². The molecule has 1 aromatic carbocycles. The van der Waals surface area contributed by atoms with Crippen LogP contribution in [0.4, 0.5) is 4.39 Å². The molecule has 0 aliphatic heterocycles. The maximum Gasteiger partial charge on any atom is 0.313 e. The first-order valence-electron chi connectivity index (χ1n) is 6.07. The lowest BCUT2D eigenvalue weighted by Gasteiger charge is -2.06. The first kappa shape index (κ1) is 14.5. The molecule has 0 atom stereocenters. The van der Waals surface area contributed by atoms with Crippen LogP contribution in [0, 0.1) is 5.82 Å². The lowest BCUT2D eigenvalue weighted by atomic mass is 10.2. The lowest BCUT2D eigenvalue weighted by Crippen LogP contribution is -2.01. The van der Waals surface area contributed by atoms with Crippen LogP contribution < -0.4 is 0 Å². The predicted molar refractivity (Wildman–Crippen MR) is 75.2 cm³/mol. The molecule has 0 aliphatic rings. The summed E-state index contributed by atoms with van der Waals surface area (Å²) < 4.78 is 12.9. The van der Waals surface area contributed by atoms with Crippen molar-refractivity contribution < 1.29 is 14.3 Å². The van der Waals surface area contributed by atoms with Crippen molar-refractivity contribution in [3.8, 4) is 11.4 Å². The smallest absolute Gasteiger partial charge is 0.313 e. The van der Waals surface area contributed by atoms with Crippen molar-refractivity contribution in [3.63, 3.8) is 0 Å². The third-order valence-electron chi connectivity index (χ3n) is 2.56. The molecule has 0 amide bonds. The number of halogens is 1. The second kappa shape index (κ2) is 6.47. The van der Waals surface area contributed by atoms with Crippen LogP contribution in [0.2, 0.25) is 0 Å². The SMILES string of the molecule is CCc1cc(SCC(=O)O)nc(-c2ccc(F)cc2)n1. The molecule has 2 rings (SSSR count). The van der Waals surface area contributed by atoms with Gasteiger partial charge in [0.05, 0.1) is 5.75 Å². The van der Waals surface area contributed by atoms with Gasteiger partial charge in [-0.05, 0) is 36.8 Å². The van der Waals surface area contributed by atoms with E-state index in [0.717, 1.165) is 23.9 Å². The first-order valence-corrected chi connectivity index (χ1v) is 7.05. The van der Waals surface area contributed by atoms with Gasteiger partial charge in [0.25, 0.3) is 0 Å². The molecule has 0 spiro atoms. The van der Waals surface area contributed by atoms with E-state index in [0.29, 0.717) is 16.4 Å². The van der Waals surface area contributed by atoms with Gasteiger partial charge < -0.3 is 5.11 Å². The number of rotatable bonds is 5. The molecule has 0 saturated carbocycles. The minimum Gasteiger partial charge on any atom is -0.481 e. The van der Waals surface area contributed by atoms with Crippen LogP contribution in [0.5, 0.6) is 0 Å². The summed E-state index contributed by atoms with van der Waals surface area (Å²) in [4.78, 5) is 19.3. The number of carboxylic acids is 1. The molecule has 0 saturated heterocycles. The van der Waals surface area contributed by atoms with Gasteiger partial charge in [-0.15, -0.1) is 0 Å². The summed E-state index contributed by atoms with van der Waals surface area (Å²) in [6.07, 6.45) is 0.720. The molecular weight excluding hydrogens is 279 g/mol. The maximum absolute atomic E-state index is 12.9. The molecule has 6 heteroatoms. The highest BCUT2D eigenvalue weighted by Gasteiger charge is 2.08. The van der Waals surface area contributed by atoms with E-state index in [1.54, 1.807) is 18.2 Å². The molecule has 0 aliphatic carbocycles. The van der Waals surface area contributed by atoms with Crippen molar-refractivity contribution in [2.45, 2.75) is 18.4 Å². The Morgan fingerprint density at radius 3 is 2.60 bits per heavy atom. The molecule has 0 radical (unpaired) electrons. The highest BCUT2D eigenvalue weighted by molar-refractivity contribution is 7.99. The Hall–Kier alpha value is -1.95. The van der Waals surface area contributed by atoms with Crippen molar-refractivity contribution in [1.82, 2.24) is 9.97 Å². The maximum atomic E-state index is 12.9. The van der Waals surface area contributed by atoms with E-state index in [2.05, 4.69) is 9.97 Å². The normalized spacial score (nSPS) is 10.5. The minimum absolute atomic E-state index is 0.0526. The van der Waals surface area contributed by atoms with Crippen molar-refractivity contribution in [1.29, 1.82) is 0 Å². The molecule has 4 nitrogen and oxygen atoms in total. The number of nitrogens with zero attached hydrogens (tertiary/aromatic N) is 2.